The predicted molar refractivity (Wildman–Crippen MR) is 70.0 cm³/mol. The zero-order valence-corrected chi connectivity index (χ0v) is 11.4. The summed E-state index contributed by atoms with van der Waals surface area (Å²) in [6.07, 6.45) is 2.38. The van der Waals surface area contributed by atoms with E-state index in [1.165, 1.54) is 12.8 Å². The van der Waals surface area contributed by atoms with Crippen LogP contribution in [0.15, 0.2) is 22.0 Å². The van der Waals surface area contributed by atoms with Crippen LogP contribution in [0.4, 0.5) is 0 Å². The lowest BCUT2D eigenvalue weighted by molar-refractivity contribution is 0.932. The van der Waals surface area contributed by atoms with E-state index in [9.17, 15) is 0 Å². The molecule has 82 valence electrons. The minimum atomic E-state index is 0.529. The molecule has 2 heterocycles. The highest BCUT2D eigenvalue weighted by Gasteiger charge is 2.27. The van der Waals surface area contributed by atoms with Crippen molar-refractivity contribution < 1.29 is 0 Å². The van der Waals surface area contributed by atoms with Gasteiger partial charge in [0.15, 0.2) is 0 Å². The van der Waals surface area contributed by atoms with Crippen molar-refractivity contribution in [3.63, 3.8) is 0 Å². The van der Waals surface area contributed by atoms with Crippen molar-refractivity contribution >= 4 is 38.9 Å². The zero-order chi connectivity index (χ0) is 11.1. The average molecular weight is 316 g/mol. The fraction of sp³-hybridized carbons (Fsp3) is 0.273. The summed E-state index contributed by atoms with van der Waals surface area (Å²) in [5.41, 5.74) is 0.928. The molecule has 0 bridgehead atoms. The van der Waals surface area contributed by atoms with Crippen LogP contribution in [0.25, 0.3) is 10.6 Å². The van der Waals surface area contributed by atoms with E-state index >= 15 is 0 Å². The summed E-state index contributed by atoms with van der Waals surface area (Å²) in [7, 11) is 0. The fourth-order valence-corrected chi connectivity index (χ4v) is 3.07. The van der Waals surface area contributed by atoms with Crippen LogP contribution < -0.4 is 0 Å². The van der Waals surface area contributed by atoms with Gasteiger partial charge in [0.1, 0.15) is 11.0 Å². The van der Waals surface area contributed by atoms with Gasteiger partial charge in [-0.2, -0.15) is 0 Å². The predicted octanol–water partition coefficient (Wildman–Crippen LogP) is 4.50. The SMILES string of the molecule is Clc1cc(-c2ccc(Br)s2)nc(C2CC2)n1. The van der Waals surface area contributed by atoms with Crippen LogP contribution in [0.2, 0.25) is 5.15 Å². The lowest BCUT2D eigenvalue weighted by Gasteiger charge is -2.01. The van der Waals surface area contributed by atoms with Crippen LogP contribution in [0.1, 0.15) is 24.6 Å². The normalized spacial score (nSPS) is 15.4. The molecule has 0 N–H and O–H groups in total. The third-order valence-electron chi connectivity index (χ3n) is 2.48. The lowest BCUT2D eigenvalue weighted by atomic mass is 10.3. The molecule has 2 aromatic rings. The fourth-order valence-electron chi connectivity index (χ4n) is 1.54. The third-order valence-corrected chi connectivity index (χ3v) is 4.32. The van der Waals surface area contributed by atoms with E-state index in [0.717, 1.165) is 20.2 Å². The summed E-state index contributed by atoms with van der Waals surface area (Å²) in [4.78, 5) is 9.97. The first-order valence-electron chi connectivity index (χ1n) is 5.02. The first-order chi connectivity index (χ1) is 7.72. The molecule has 1 aliphatic carbocycles. The monoisotopic (exact) mass is 314 g/mol. The van der Waals surface area contributed by atoms with Gasteiger partial charge in [0.25, 0.3) is 0 Å². The molecule has 0 aliphatic heterocycles. The molecular formula is C11H8BrClN2S. The molecular weight excluding hydrogens is 308 g/mol. The summed E-state index contributed by atoms with van der Waals surface area (Å²) in [6, 6.07) is 5.89. The van der Waals surface area contributed by atoms with E-state index in [1.807, 2.05) is 18.2 Å². The smallest absolute Gasteiger partial charge is 0.133 e. The van der Waals surface area contributed by atoms with Crippen molar-refractivity contribution in [3.05, 3.63) is 33.0 Å². The van der Waals surface area contributed by atoms with Gasteiger partial charge >= 0.3 is 0 Å². The molecule has 16 heavy (non-hydrogen) atoms. The van der Waals surface area contributed by atoms with E-state index in [-0.39, 0.29) is 0 Å². The highest BCUT2D eigenvalue weighted by molar-refractivity contribution is 9.11. The summed E-state index contributed by atoms with van der Waals surface area (Å²) >= 11 is 11.1. The highest BCUT2D eigenvalue weighted by Crippen LogP contribution is 2.40. The second kappa shape index (κ2) is 4.09. The average Bonchev–Trinajstić information content (AvgIpc) is 3.01. The minimum absolute atomic E-state index is 0.529. The van der Waals surface area contributed by atoms with Crippen molar-refractivity contribution in [1.82, 2.24) is 9.97 Å². The molecule has 5 heteroatoms. The molecule has 0 saturated heterocycles. The molecule has 0 atom stereocenters. The first-order valence-corrected chi connectivity index (χ1v) is 7.01. The first kappa shape index (κ1) is 10.7. The van der Waals surface area contributed by atoms with Crippen LogP contribution in [-0.2, 0) is 0 Å². The van der Waals surface area contributed by atoms with E-state index in [1.54, 1.807) is 11.3 Å². The second-order valence-electron chi connectivity index (χ2n) is 3.81. The number of rotatable bonds is 2. The Bertz CT molecular complexity index is 537. The third kappa shape index (κ3) is 2.14. The Balaban J connectivity index is 2.06. The summed E-state index contributed by atoms with van der Waals surface area (Å²) in [5, 5.41) is 0.538. The summed E-state index contributed by atoms with van der Waals surface area (Å²) in [6.45, 7) is 0. The molecule has 0 aromatic carbocycles. The Kier molecular flexibility index (Phi) is 2.73. The molecule has 0 unspecified atom stereocenters. The number of nitrogens with zero attached hydrogens (tertiary/aromatic N) is 2. The van der Waals surface area contributed by atoms with Crippen LogP contribution in [0.5, 0.6) is 0 Å². The van der Waals surface area contributed by atoms with Gasteiger partial charge in [-0.3, -0.25) is 0 Å². The number of hydrogen-bond donors (Lipinski definition) is 0. The maximum atomic E-state index is 6.02. The number of hydrogen-bond acceptors (Lipinski definition) is 3. The molecule has 0 amide bonds. The van der Waals surface area contributed by atoms with Crippen molar-refractivity contribution in [2.24, 2.45) is 0 Å². The van der Waals surface area contributed by atoms with Crippen molar-refractivity contribution in [1.29, 1.82) is 0 Å². The number of aromatic nitrogens is 2. The van der Waals surface area contributed by atoms with Crippen LogP contribution in [-0.4, -0.2) is 9.97 Å². The van der Waals surface area contributed by atoms with Gasteiger partial charge in [-0.15, -0.1) is 11.3 Å². The van der Waals surface area contributed by atoms with Crippen LogP contribution in [0, 0.1) is 0 Å². The molecule has 2 nitrogen and oxygen atoms in total. The van der Waals surface area contributed by atoms with Crippen LogP contribution >= 0.6 is 38.9 Å². The Morgan fingerprint density at radius 3 is 2.75 bits per heavy atom. The maximum Gasteiger partial charge on any atom is 0.133 e. The highest BCUT2D eigenvalue weighted by atomic mass is 79.9. The van der Waals surface area contributed by atoms with Gasteiger partial charge in [0.05, 0.1) is 14.4 Å². The van der Waals surface area contributed by atoms with Gasteiger partial charge in [-0.25, -0.2) is 9.97 Å². The van der Waals surface area contributed by atoms with Crippen molar-refractivity contribution in [2.75, 3.05) is 0 Å². The maximum absolute atomic E-state index is 6.02. The van der Waals surface area contributed by atoms with E-state index in [2.05, 4.69) is 25.9 Å². The molecule has 0 radical (unpaired) electrons. The van der Waals surface area contributed by atoms with Crippen molar-refractivity contribution in [3.8, 4) is 10.6 Å². The second-order valence-corrected chi connectivity index (χ2v) is 6.66. The van der Waals surface area contributed by atoms with E-state index in [4.69, 9.17) is 11.6 Å². The Hall–Kier alpha value is -0.450. The molecule has 1 saturated carbocycles. The molecule has 1 fully saturated rings. The molecule has 2 aromatic heterocycles. The van der Waals surface area contributed by atoms with Crippen LogP contribution in [0.3, 0.4) is 0 Å². The summed E-state index contributed by atoms with van der Waals surface area (Å²) in [5.74, 6) is 1.42. The zero-order valence-electron chi connectivity index (χ0n) is 8.28. The summed E-state index contributed by atoms with van der Waals surface area (Å²) < 4.78 is 1.10. The van der Waals surface area contributed by atoms with E-state index < -0.39 is 0 Å². The largest absolute Gasteiger partial charge is 0.232 e. The molecule has 0 spiro atoms. The van der Waals surface area contributed by atoms with Gasteiger partial charge in [0.2, 0.25) is 0 Å². The minimum Gasteiger partial charge on any atom is -0.232 e. The number of halogens is 2. The lowest BCUT2D eigenvalue weighted by Crippen LogP contribution is -1.94. The topological polar surface area (TPSA) is 25.8 Å². The number of thiophene rings is 1. The van der Waals surface area contributed by atoms with Gasteiger partial charge in [-0.05, 0) is 40.9 Å². The van der Waals surface area contributed by atoms with Gasteiger partial charge < -0.3 is 0 Å². The van der Waals surface area contributed by atoms with E-state index in [0.29, 0.717) is 11.1 Å². The molecule has 3 rings (SSSR count). The van der Waals surface area contributed by atoms with Crippen molar-refractivity contribution in [2.45, 2.75) is 18.8 Å². The van der Waals surface area contributed by atoms with Gasteiger partial charge in [-0.1, -0.05) is 11.6 Å². The Labute approximate surface area is 111 Å². The van der Waals surface area contributed by atoms with Gasteiger partial charge in [0, 0.05) is 12.0 Å². The Morgan fingerprint density at radius 1 is 1.31 bits per heavy atom. The Morgan fingerprint density at radius 2 is 2.12 bits per heavy atom. The molecule has 1 aliphatic rings. The quantitative estimate of drug-likeness (QED) is 0.763. The standard InChI is InChI=1S/C11H8BrClN2S/c12-9-4-3-8(16-9)7-5-10(13)15-11(14-7)6-1-2-6/h3-6H,1-2H2.